The van der Waals surface area contributed by atoms with Crippen LogP contribution in [0, 0.1) is 0 Å². The highest BCUT2D eigenvalue weighted by Gasteiger charge is 2.35. The van der Waals surface area contributed by atoms with Crippen LogP contribution in [0.4, 0.5) is 11.4 Å². The van der Waals surface area contributed by atoms with E-state index in [1.165, 1.54) is 50.1 Å². The first-order valence-electron chi connectivity index (χ1n) is 13.5. The van der Waals surface area contributed by atoms with Gasteiger partial charge in [0.1, 0.15) is 0 Å². The molecule has 1 aliphatic carbocycles. The van der Waals surface area contributed by atoms with E-state index in [-0.39, 0.29) is 10.8 Å². The topological polar surface area (TPSA) is 12.0 Å². The summed E-state index contributed by atoms with van der Waals surface area (Å²) >= 11 is 0. The van der Waals surface area contributed by atoms with Gasteiger partial charge in [-0.15, -0.1) is 0 Å². The van der Waals surface area contributed by atoms with Gasteiger partial charge < -0.3 is 5.32 Å². The number of fused-ring (bicyclic) bond motifs is 3. The fourth-order valence-electron chi connectivity index (χ4n) is 5.72. The monoisotopic (exact) mass is 493 g/mol. The van der Waals surface area contributed by atoms with Crippen molar-refractivity contribution in [1.82, 2.24) is 0 Å². The van der Waals surface area contributed by atoms with E-state index in [1.807, 2.05) is 0 Å². The summed E-state index contributed by atoms with van der Waals surface area (Å²) in [5.41, 5.74) is 14.2. The van der Waals surface area contributed by atoms with Crippen molar-refractivity contribution in [2.24, 2.45) is 0 Å². The normalized spacial score (nSPS) is 13.6. The Bertz CT molecular complexity index is 1600. The number of anilines is 2. The van der Waals surface area contributed by atoms with Crippen molar-refractivity contribution < 1.29 is 0 Å². The Morgan fingerprint density at radius 2 is 1.08 bits per heavy atom. The highest BCUT2D eigenvalue weighted by Crippen LogP contribution is 2.50. The Hall–Kier alpha value is -4.10. The smallest absolute Gasteiger partial charge is 0.0387 e. The lowest BCUT2D eigenvalue weighted by molar-refractivity contribution is 0.590. The van der Waals surface area contributed by atoms with Crippen molar-refractivity contribution in [3.8, 4) is 33.4 Å². The van der Waals surface area contributed by atoms with E-state index in [2.05, 4.69) is 155 Å². The number of hydrogen-bond donors (Lipinski definition) is 1. The van der Waals surface area contributed by atoms with E-state index in [0.29, 0.717) is 0 Å². The van der Waals surface area contributed by atoms with Gasteiger partial charge in [-0.2, -0.15) is 0 Å². The van der Waals surface area contributed by atoms with Gasteiger partial charge in [-0.05, 0) is 85.8 Å². The molecule has 0 fully saturated rings. The summed E-state index contributed by atoms with van der Waals surface area (Å²) in [6.45, 7) is 11.4. The number of hydrogen-bond acceptors (Lipinski definition) is 1. The molecule has 0 heterocycles. The van der Waals surface area contributed by atoms with Crippen LogP contribution in [0.3, 0.4) is 0 Å². The van der Waals surface area contributed by atoms with Gasteiger partial charge in [0, 0.05) is 16.8 Å². The van der Waals surface area contributed by atoms with Crippen LogP contribution in [-0.4, -0.2) is 0 Å². The first kappa shape index (κ1) is 24.2. The average molecular weight is 494 g/mol. The zero-order valence-corrected chi connectivity index (χ0v) is 23.0. The maximum Gasteiger partial charge on any atom is 0.0387 e. The van der Waals surface area contributed by atoms with Crippen molar-refractivity contribution in [3.05, 3.63) is 132 Å². The third kappa shape index (κ3) is 4.33. The summed E-state index contributed by atoms with van der Waals surface area (Å²) in [7, 11) is 0. The van der Waals surface area contributed by atoms with Crippen LogP contribution >= 0.6 is 0 Å². The lowest BCUT2D eigenvalue weighted by Gasteiger charge is -2.22. The molecule has 38 heavy (non-hydrogen) atoms. The lowest BCUT2D eigenvalue weighted by Crippen LogP contribution is -2.15. The summed E-state index contributed by atoms with van der Waals surface area (Å²) < 4.78 is 0. The standard InChI is InChI=1S/C37H35N/c1-36(2,3)29-16-11-26(12-17-29)27-13-18-30(19-14-27)38-31-20-21-32-33-23-28(25-9-7-6-8-10-25)15-22-34(33)37(4,5)35(32)24-31/h6-24,38H,1-5H3. The second kappa shape index (κ2) is 9.03. The molecular formula is C37H35N. The molecule has 0 atom stereocenters. The van der Waals surface area contributed by atoms with Crippen LogP contribution in [0.5, 0.6) is 0 Å². The van der Waals surface area contributed by atoms with E-state index in [0.717, 1.165) is 11.4 Å². The highest BCUT2D eigenvalue weighted by molar-refractivity contribution is 5.86. The molecule has 0 amide bonds. The molecule has 5 aromatic rings. The minimum Gasteiger partial charge on any atom is -0.356 e. The van der Waals surface area contributed by atoms with Crippen LogP contribution < -0.4 is 5.32 Å². The Kier molecular flexibility index (Phi) is 5.76. The average Bonchev–Trinajstić information content (AvgIpc) is 3.15. The van der Waals surface area contributed by atoms with E-state index >= 15 is 0 Å². The summed E-state index contributed by atoms with van der Waals surface area (Å²) in [6, 6.07) is 42.1. The number of nitrogens with one attached hydrogen (secondary N) is 1. The SMILES string of the molecule is CC(C)(C)c1ccc(-c2ccc(Nc3ccc4c(c3)C(C)(C)c3ccc(-c5ccccc5)cc3-4)cc2)cc1. The van der Waals surface area contributed by atoms with Crippen LogP contribution in [0.15, 0.2) is 115 Å². The molecule has 0 saturated carbocycles. The largest absolute Gasteiger partial charge is 0.356 e. The zero-order chi connectivity index (χ0) is 26.5. The molecule has 1 N–H and O–H groups in total. The fourth-order valence-corrected chi connectivity index (χ4v) is 5.72. The van der Waals surface area contributed by atoms with Crippen LogP contribution in [0.2, 0.25) is 0 Å². The second-order valence-corrected chi connectivity index (χ2v) is 12.0. The molecule has 0 aromatic heterocycles. The molecule has 0 aliphatic heterocycles. The molecule has 1 nitrogen and oxygen atoms in total. The van der Waals surface area contributed by atoms with Gasteiger partial charge in [0.15, 0.2) is 0 Å². The highest BCUT2D eigenvalue weighted by atomic mass is 14.9. The second-order valence-electron chi connectivity index (χ2n) is 12.0. The maximum absolute atomic E-state index is 3.64. The quantitative estimate of drug-likeness (QED) is 0.262. The molecule has 1 heteroatoms. The van der Waals surface area contributed by atoms with Gasteiger partial charge >= 0.3 is 0 Å². The molecule has 188 valence electrons. The molecule has 1 aliphatic rings. The van der Waals surface area contributed by atoms with Crippen molar-refractivity contribution in [2.45, 2.75) is 45.4 Å². The Balaban J connectivity index is 1.25. The zero-order valence-electron chi connectivity index (χ0n) is 23.0. The van der Waals surface area contributed by atoms with Crippen molar-refractivity contribution in [2.75, 3.05) is 5.32 Å². The predicted molar refractivity (Wildman–Crippen MR) is 163 cm³/mol. The molecule has 0 saturated heterocycles. The third-order valence-electron chi connectivity index (χ3n) is 8.04. The van der Waals surface area contributed by atoms with E-state index in [4.69, 9.17) is 0 Å². The van der Waals surface area contributed by atoms with E-state index in [9.17, 15) is 0 Å². The van der Waals surface area contributed by atoms with Crippen LogP contribution in [-0.2, 0) is 10.8 Å². The molecule has 5 aromatic carbocycles. The van der Waals surface area contributed by atoms with Crippen molar-refractivity contribution >= 4 is 11.4 Å². The Morgan fingerprint density at radius 3 is 1.74 bits per heavy atom. The number of rotatable bonds is 4. The third-order valence-corrected chi connectivity index (χ3v) is 8.04. The van der Waals surface area contributed by atoms with Gasteiger partial charge in [0.2, 0.25) is 0 Å². The van der Waals surface area contributed by atoms with Gasteiger partial charge in [0.05, 0.1) is 0 Å². The molecule has 6 rings (SSSR count). The maximum atomic E-state index is 3.64. The van der Waals surface area contributed by atoms with Gasteiger partial charge in [-0.1, -0.05) is 120 Å². The van der Waals surface area contributed by atoms with Gasteiger partial charge in [-0.25, -0.2) is 0 Å². The first-order chi connectivity index (χ1) is 18.2. The molecule has 0 bridgehead atoms. The predicted octanol–water partition coefficient (Wildman–Crippen LogP) is 10.4. The van der Waals surface area contributed by atoms with E-state index in [1.54, 1.807) is 0 Å². The lowest BCUT2D eigenvalue weighted by atomic mass is 9.82. The van der Waals surface area contributed by atoms with Gasteiger partial charge in [0.25, 0.3) is 0 Å². The molecule has 0 unspecified atom stereocenters. The molecular weight excluding hydrogens is 458 g/mol. The van der Waals surface area contributed by atoms with Crippen LogP contribution in [0.25, 0.3) is 33.4 Å². The summed E-state index contributed by atoms with van der Waals surface area (Å²) in [6.07, 6.45) is 0. The Morgan fingerprint density at radius 1 is 0.500 bits per heavy atom. The van der Waals surface area contributed by atoms with Crippen LogP contribution in [0.1, 0.15) is 51.3 Å². The fraction of sp³-hybridized carbons (Fsp3) is 0.189. The first-order valence-corrected chi connectivity index (χ1v) is 13.5. The summed E-state index contributed by atoms with van der Waals surface area (Å²) in [4.78, 5) is 0. The minimum absolute atomic E-state index is 0.0410. The van der Waals surface area contributed by atoms with Crippen molar-refractivity contribution in [1.29, 1.82) is 0 Å². The molecule has 0 spiro atoms. The number of benzene rings is 5. The van der Waals surface area contributed by atoms with Crippen molar-refractivity contribution in [3.63, 3.8) is 0 Å². The minimum atomic E-state index is -0.0410. The van der Waals surface area contributed by atoms with Gasteiger partial charge in [-0.3, -0.25) is 0 Å². The van der Waals surface area contributed by atoms with E-state index < -0.39 is 0 Å². The summed E-state index contributed by atoms with van der Waals surface area (Å²) in [5.74, 6) is 0. The summed E-state index contributed by atoms with van der Waals surface area (Å²) in [5, 5.41) is 3.64. The Labute approximate surface area is 227 Å². The molecule has 0 radical (unpaired) electrons.